The van der Waals surface area contributed by atoms with Crippen LogP contribution in [0.4, 0.5) is 11.4 Å². The highest BCUT2D eigenvalue weighted by Crippen LogP contribution is 2.17. The minimum absolute atomic E-state index is 0.120. The zero-order valence-electron chi connectivity index (χ0n) is 14.3. The van der Waals surface area contributed by atoms with Gasteiger partial charge >= 0.3 is 0 Å². The maximum absolute atomic E-state index is 12.1. The zero-order chi connectivity index (χ0) is 18.1. The molecule has 6 heteroatoms. The molecule has 2 aromatic carbocycles. The van der Waals surface area contributed by atoms with Gasteiger partial charge in [0.1, 0.15) is 5.75 Å². The fourth-order valence-corrected chi connectivity index (χ4v) is 2.72. The van der Waals surface area contributed by atoms with Crippen molar-refractivity contribution in [3.63, 3.8) is 0 Å². The van der Waals surface area contributed by atoms with Gasteiger partial charge < -0.3 is 15.4 Å². The summed E-state index contributed by atoms with van der Waals surface area (Å²) < 4.78 is 5.36. The van der Waals surface area contributed by atoms with Crippen LogP contribution in [0.3, 0.4) is 0 Å². The van der Waals surface area contributed by atoms with Crippen molar-refractivity contribution in [2.24, 2.45) is 0 Å². The summed E-state index contributed by atoms with van der Waals surface area (Å²) in [6, 6.07) is 16.5. The van der Waals surface area contributed by atoms with Crippen LogP contribution in [0.25, 0.3) is 0 Å². The van der Waals surface area contributed by atoms with Gasteiger partial charge in [-0.05, 0) is 50.2 Å². The normalized spacial score (nSPS) is 11.4. The Labute approximate surface area is 152 Å². The molecule has 0 saturated carbocycles. The number of para-hydroxylation sites is 1. The monoisotopic (exact) mass is 358 g/mol. The van der Waals surface area contributed by atoms with Gasteiger partial charge in [0.25, 0.3) is 0 Å². The smallest absolute Gasteiger partial charge is 0.237 e. The van der Waals surface area contributed by atoms with Crippen LogP contribution < -0.4 is 15.4 Å². The van der Waals surface area contributed by atoms with Gasteiger partial charge in [0, 0.05) is 11.4 Å². The molecular formula is C19H22N2O3S. The van der Waals surface area contributed by atoms with Crippen molar-refractivity contribution in [3.05, 3.63) is 54.6 Å². The number of benzene rings is 2. The van der Waals surface area contributed by atoms with E-state index in [1.54, 1.807) is 19.1 Å². The van der Waals surface area contributed by atoms with Gasteiger partial charge in [-0.15, -0.1) is 11.8 Å². The van der Waals surface area contributed by atoms with E-state index in [1.807, 2.05) is 49.4 Å². The Bertz CT molecular complexity index is 690. The number of rotatable bonds is 8. The van der Waals surface area contributed by atoms with Crippen molar-refractivity contribution >= 4 is 35.0 Å². The molecule has 2 aromatic rings. The van der Waals surface area contributed by atoms with Crippen molar-refractivity contribution in [2.75, 3.05) is 23.0 Å². The molecule has 0 aromatic heterocycles. The number of nitrogens with one attached hydrogen (secondary N) is 2. The van der Waals surface area contributed by atoms with E-state index in [0.29, 0.717) is 12.3 Å². The predicted octanol–water partition coefficient (Wildman–Crippen LogP) is 3.78. The summed E-state index contributed by atoms with van der Waals surface area (Å²) in [5.74, 6) is 0.705. The van der Waals surface area contributed by atoms with Crippen LogP contribution in [0.15, 0.2) is 54.6 Å². The van der Waals surface area contributed by atoms with Crippen molar-refractivity contribution in [1.82, 2.24) is 0 Å². The van der Waals surface area contributed by atoms with Crippen LogP contribution in [0, 0.1) is 0 Å². The van der Waals surface area contributed by atoms with Crippen LogP contribution >= 0.6 is 11.8 Å². The first-order valence-electron chi connectivity index (χ1n) is 8.08. The van der Waals surface area contributed by atoms with E-state index in [4.69, 9.17) is 4.74 Å². The van der Waals surface area contributed by atoms with Gasteiger partial charge in [-0.2, -0.15) is 0 Å². The standard InChI is InChI=1S/C19H22N2O3S/c1-3-24-17-11-9-16(10-12-17)20-18(22)13-25-14(2)19(23)21-15-7-5-4-6-8-15/h4-12,14H,3,13H2,1-2H3,(H,20,22)(H,21,23)/t14-/m0/s1. The molecule has 132 valence electrons. The predicted molar refractivity (Wildman–Crippen MR) is 103 cm³/mol. The maximum Gasteiger partial charge on any atom is 0.237 e. The Hall–Kier alpha value is -2.47. The minimum Gasteiger partial charge on any atom is -0.494 e. The molecule has 0 saturated heterocycles. The number of carbonyl (C=O) groups is 2. The molecule has 5 nitrogen and oxygen atoms in total. The number of amides is 2. The molecule has 0 aliphatic heterocycles. The molecule has 0 aliphatic carbocycles. The molecule has 1 atom stereocenters. The summed E-state index contributed by atoms with van der Waals surface area (Å²) in [6.07, 6.45) is 0. The average molecular weight is 358 g/mol. The van der Waals surface area contributed by atoms with Crippen LogP contribution in [-0.4, -0.2) is 29.4 Å². The number of ether oxygens (including phenoxy) is 1. The third kappa shape index (κ3) is 6.51. The van der Waals surface area contributed by atoms with Crippen LogP contribution in [0.5, 0.6) is 5.75 Å². The van der Waals surface area contributed by atoms with Gasteiger partial charge in [-0.3, -0.25) is 9.59 Å². The largest absolute Gasteiger partial charge is 0.494 e. The second-order valence-electron chi connectivity index (χ2n) is 5.31. The topological polar surface area (TPSA) is 67.4 Å². The molecule has 0 aliphatic rings. The van der Waals surface area contributed by atoms with E-state index in [2.05, 4.69) is 10.6 Å². The van der Waals surface area contributed by atoms with E-state index < -0.39 is 0 Å². The summed E-state index contributed by atoms with van der Waals surface area (Å²) in [7, 11) is 0. The van der Waals surface area contributed by atoms with Crippen molar-refractivity contribution in [3.8, 4) is 5.75 Å². The zero-order valence-corrected chi connectivity index (χ0v) is 15.1. The molecule has 0 fully saturated rings. The lowest BCUT2D eigenvalue weighted by Gasteiger charge is -2.12. The first-order valence-corrected chi connectivity index (χ1v) is 9.13. The van der Waals surface area contributed by atoms with Gasteiger partial charge in [0.15, 0.2) is 0 Å². The lowest BCUT2D eigenvalue weighted by Crippen LogP contribution is -2.25. The highest BCUT2D eigenvalue weighted by Gasteiger charge is 2.15. The lowest BCUT2D eigenvalue weighted by atomic mass is 10.3. The number of anilines is 2. The van der Waals surface area contributed by atoms with E-state index in [0.717, 1.165) is 11.4 Å². The second-order valence-corrected chi connectivity index (χ2v) is 6.64. The Balaban J connectivity index is 1.75. The maximum atomic E-state index is 12.1. The fraction of sp³-hybridized carbons (Fsp3) is 0.263. The Morgan fingerprint density at radius 2 is 1.64 bits per heavy atom. The number of hydrogen-bond acceptors (Lipinski definition) is 4. The van der Waals surface area contributed by atoms with Gasteiger partial charge in [0.2, 0.25) is 11.8 Å². The van der Waals surface area contributed by atoms with E-state index in [1.165, 1.54) is 11.8 Å². The van der Waals surface area contributed by atoms with Crippen molar-refractivity contribution in [1.29, 1.82) is 0 Å². The summed E-state index contributed by atoms with van der Waals surface area (Å²) in [6.45, 7) is 4.31. The molecule has 2 amide bonds. The van der Waals surface area contributed by atoms with E-state index >= 15 is 0 Å². The summed E-state index contributed by atoms with van der Waals surface area (Å²) in [5.41, 5.74) is 1.45. The Morgan fingerprint density at radius 3 is 2.28 bits per heavy atom. The summed E-state index contributed by atoms with van der Waals surface area (Å²) >= 11 is 1.29. The molecule has 0 bridgehead atoms. The molecule has 0 unspecified atom stereocenters. The second kappa shape index (κ2) is 9.74. The quantitative estimate of drug-likeness (QED) is 0.753. The third-order valence-electron chi connectivity index (χ3n) is 3.32. The number of hydrogen-bond donors (Lipinski definition) is 2. The van der Waals surface area contributed by atoms with Crippen molar-refractivity contribution < 1.29 is 14.3 Å². The van der Waals surface area contributed by atoms with Gasteiger partial charge in [0.05, 0.1) is 17.6 Å². The molecule has 2 rings (SSSR count). The lowest BCUT2D eigenvalue weighted by molar-refractivity contribution is -0.115. The van der Waals surface area contributed by atoms with Crippen LogP contribution in [0.2, 0.25) is 0 Å². The van der Waals surface area contributed by atoms with E-state index in [-0.39, 0.29) is 22.8 Å². The Kier molecular flexibility index (Phi) is 7.35. The highest BCUT2D eigenvalue weighted by atomic mass is 32.2. The fourth-order valence-electron chi connectivity index (χ4n) is 2.04. The number of carbonyl (C=O) groups excluding carboxylic acids is 2. The first kappa shape index (κ1) is 18.9. The first-order chi connectivity index (χ1) is 12.1. The SMILES string of the molecule is CCOc1ccc(NC(=O)CS[C@@H](C)C(=O)Nc2ccccc2)cc1. The molecule has 25 heavy (non-hydrogen) atoms. The molecular weight excluding hydrogens is 336 g/mol. The highest BCUT2D eigenvalue weighted by molar-refractivity contribution is 8.01. The van der Waals surface area contributed by atoms with Crippen molar-refractivity contribution in [2.45, 2.75) is 19.1 Å². The summed E-state index contributed by atoms with van der Waals surface area (Å²) in [5, 5.41) is 5.31. The van der Waals surface area contributed by atoms with Gasteiger partial charge in [-0.1, -0.05) is 18.2 Å². The van der Waals surface area contributed by atoms with E-state index in [9.17, 15) is 9.59 Å². The summed E-state index contributed by atoms with van der Waals surface area (Å²) in [4.78, 5) is 24.1. The minimum atomic E-state index is -0.328. The Morgan fingerprint density at radius 1 is 1.00 bits per heavy atom. The van der Waals surface area contributed by atoms with Crippen LogP contribution in [-0.2, 0) is 9.59 Å². The van der Waals surface area contributed by atoms with Gasteiger partial charge in [-0.25, -0.2) is 0 Å². The molecule has 0 heterocycles. The molecule has 2 N–H and O–H groups in total. The van der Waals surface area contributed by atoms with Crippen LogP contribution in [0.1, 0.15) is 13.8 Å². The number of thioether (sulfide) groups is 1. The third-order valence-corrected chi connectivity index (χ3v) is 4.47. The molecule has 0 radical (unpaired) electrons. The average Bonchev–Trinajstić information content (AvgIpc) is 2.62. The molecule has 0 spiro atoms.